The second-order valence-corrected chi connectivity index (χ2v) is 4.95. The quantitative estimate of drug-likeness (QED) is 0.554. The van der Waals surface area contributed by atoms with Crippen LogP contribution in [-0.4, -0.2) is 23.3 Å². The van der Waals surface area contributed by atoms with Gasteiger partial charge in [-0.1, -0.05) is 12.2 Å². The second-order valence-electron chi connectivity index (χ2n) is 4.95. The van der Waals surface area contributed by atoms with Crippen LogP contribution in [0.2, 0.25) is 0 Å². The molecule has 1 aliphatic heterocycles. The Morgan fingerprint density at radius 2 is 1.82 bits per heavy atom. The standard InChI is InChI=1S/C14H19NO2/c1-10-11(2)14(17)15(13(10)16)9-8-12-6-4-3-5-7-12/h3-4,12H,5-9H2,1-2H3. The lowest BCUT2D eigenvalue weighted by molar-refractivity contribution is -0.137. The van der Waals surface area contributed by atoms with Gasteiger partial charge in [0.15, 0.2) is 0 Å². The van der Waals surface area contributed by atoms with Crippen LogP contribution in [-0.2, 0) is 9.59 Å². The first-order valence-electron chi connectivity index (χ1n) is 6.30. The monoisotopic (exact) mass is 233 g/mol. The van der Waals surface area contributed by atoms with E-state index < -0.39 is 0 Å². The molecule has 3 nitrogen and oxygen atoms in total. The van der Waals surface area contributed by atoms with Gasteiger partial charge in [0, 0.05) is 17.7 Å². The van der Waals surface area contributed by atoms with Crippen LogP contribution < -0.4 is 0 Å². The van der Waals surface area contributed by atoms with Crippen molar-refractivity contribution in [2.45, 2.75) is 39.5 Å². The molecule has 0 saturated heterocycles. The molecule has 0 aromatic carbocycles. The summed E-state index contributed by atoms with van der Waals surface area (Å²) in [4.78, 5) is 25.1. The Kier molecular flexibility index (Phi) is 3.46. The molecule has 1 atom stereocenters. The SMILES string of the molecule is CC1=C(C)C(=O)N(CCC2CC=CCC2)C1=O. The maximum atomic E-state index is 11.8. The average Bonchev–Trinajstić information content (AvgIpc) is 2.54. The van der Waals surface area contributed by atoms with Crippen LogP contribution >= 0.6 is 0 Å². The second kappa shape index (κ2) is 4.86. The molecule has 2 rings (SSSR count). The molecule has 92 valence electrons. The average molecular weight is 233 g/mol. The summed E-state index contributed by atoms with van der Waals surface area (Å²) in [5.74, 6) is 0.430. The molecule has 1 unspecified atom stereocenters. The summed E-state index contributed by atoms with van der Waals surface area (Å²) >= 11 is 0. The van der Waals surface area contributed by atoms with Crippen LogP contribution in [0.5, 0.6) is 0 Å². The van der Waals surface area contributed by atoms with E-state index in [1.807, 2.05) is 0 Å². The summed E-state index contributed by atoms with van der Waals surface area (Å²) in [6, 6.07) is 0. The van der Waals surface area contributed by atoms with Gasteiger partial charge in [0.25, 0.3) is 11.8 Å². The Bertz CT molecular complexity index is 382. The number of hydrogen-bond acceptors (Lipinski definition) is 2. The van der Waals surface area contributed by atoms with Gasteiger partial charge in [0.1, 0.15) is 0 Å². The fourth-order valence-electron chi connectivity index (χ4n) is 2.45. The van der Waals surface area contributed by atoms with Crippen molar-refractivity contribution in [1.82, 2.24) is 4.90 Å². The fourth-order valence-corrected chi connectivity index (χ4v) is 2.45. The molecule has 0 saturated carbocycles. The van der Waals surface area contributed by atoms with Crippen LogP contribution in [0.4, 0.5) is 0 Å². The van der Waals surface area contributed by atoms with Gasteiger partial charge in [-0.3, -0.25) is 14.5 Å². The number of rotatable bonds is 3. The van der Waals surface area contributed by atoms with Crippen LogP contribution in [0.25, 0.3) is 0 Å². The molecular formula is C14H19NO2. The summed E-state index contributed by atoms with van der Waals surface area (Å²) in [5, 5.41) is 0. The van der Waals surface area contributed by atoms with Crippen LogP contribution in [0.3, 0.4) is 0 Å². The first-order valence-corrected chi connectivity index (χ1v) is 6.30. The van der Waals surface area contributed by atoms with Crippen molar-refractivity contribution in [2.24, 2.45) is 5.92 Å². The van der Waals surface area contributed by atoms with E-state index in [1.54, 1.807) is 13.8 Å². The smallest absolute Gasteiger partial charge is 0.256 e. The molecule has 1 aliphatic carbocycles. The van der Waals surface area contributed by atoms with Crippen molar-refractivity contribution in [3.05, 3.63) is 23.3 Å². The van der Waals surface area contributed by atoms with Crippen LogP contribution in [0.1, 0.15) is 39.5 Å². The third-order valence-corrected chi connectivity index (χ3v) is 3.83. The molecule has 0 fully saturated rings. The van der Waals surface area contributed by atoms with E-state index in [4.69, 9.17) is 0 Å². The van der Waals surface area contributed by atoms with Crippen molar-refractivity contribution in [1.29, 1.82) is 0 Å². The maximum Gasteiger partial charge on any atom is 0.256 e. The summed E-state index contributed by atoms with van der Waals surface area (Å²) < 4.78 is 0. The van der Waals surface area contributed by atoms with E-state index in [0.717, 1.165) is 19.3 Å². The van der Waals surface area contributed by atoms with Gasteiger partial charge >= 0.3 is 0 Å². The number of imide groups is 1. The van der Waals surface area contributed by atoms with Crippen molar-refractivity contribution in [3.8, 4) is 0 Å². The number of nitrogens with zero attached hydrogens (tertiary/aromatic N) is 1. The molecule has 3 heteroatoms. The molecule has 0 N–H and O–H groups in total. The Morgan fingerprint density at radius 1 is 1.18 bits per heavy atom. The Morgan fingerprint density at radius 3 is 2.35 bits per heavy atom. The summed E-state index contributed by atoms with van der Waals surface area (Å²) in [6.45, 7) is 4.04. The maximum absolute atomic E-state index is 11.8. The van der Waals surface area contributed by atoms with E-state index in [2.05, 4.69) is 12.2 Å². The first-order chi connectivity index (χ1) is 8.11. The third kappa shape index (κ3) is 2.33. The zero-order chi connectivity index (χ0) is 12.4. The molecule has 2 aliphatic rings. The highest BCUT2D eigenvalue weighted by Gasteiger charge is 2.33. The number of carbonyl (C=O) groups is 2. The largest absolute Gasteiger partial charge is 0.275 e. The van der Waals surface area contributed by atoms with E-state index in [0.29, 0.717) is 23.6 Å². The van der Waals surface area contributed by atoms with Gasteiger partial charge in [-0.2, -0.15) is 0 Å². The van der Waals surface area contributed by atoms with E-state index in [1.165, 1.54) is 11.3 Å². The molecule has 0 spiro atoms. The van der Waals surface area contributed by atoms with E-state index in [9.17, 15) is 9.59 Å². The lowest BCUT2D eigenvalue weighted by Gasteiger charge is -2.21. The fraction of sp³-hybridized carbons (Fsp3) is 0.571. The molecule has 2 amide bonds. The van der Waals surface area contributed by atoms with Gasteiger partial charge in [0.2, 0.25) is 0 Å². The van der Waals surface area contributed by atoms with Gasteiger partial charge < -0.3 is 0 Å². The van der Waals surface area contributed by atoms with Gasteiger partial charge in [-0.15, -0.1) is 0 Å². The number of carbonyl (C=O) groups excluding carboxylic acids is 2. The van der Waals surface area contributed by atoms with E-state index in [-0.39, 0.29) is 11.8 Å². The normalized spacial score (nSPS) is 25.1. The molecule has 0 bridgehead atoms. The number of hydrogen-bond donors (Lipinski definition) is 0. The molecular weight excluding hydrogens is 214 g/mol. The Balaban J connectivity index is 1.91. The first kappa shape index (κ1) is 12.1. The van der Waals surface area contributed by atoms with Gasteiger partial charge in [0.05, 0.1) is 0 Å². The molecule has 17 heavy (non-hydrogen) atoms. The minimum Gasteiger partial charge on any atom is -0.275 e. The zero-order valence-electron chi connectivity index (χ0n) is 10.5. The highest BCUT2D eigenvalue weighted by Crippen LogP contribution is 2.25. The van der Waals surface area contributed by atoms with E-state index >= 15 is 0 Å². The van der Waals surface area contributed by atoms with Crippen molar-refractivity contribution in [2.75, 3.05) is 6.54 Å². The Labute approximate surface area is 102 Å². The van der Waals surface area contributed by atoms with Gasteiger partial charge in [-0.25, -0.2) is 0 Å². The lowest BCUT2D eigenvalue weighted by Crippen LogP contribution is -2.33. The molecule has 0 radical (unpaired) electrons. The molecule has 1 heterocycles. The molecule has 0 aromatic heterocycles. The summed E-state index contributed by atoms with van der Waals surface area (Å²) in [7, 11) is 0. The molecule has 0 aromatic rings. The number of allylic oxidation sites excluding steroid dienone is 2. The van der Waals surface area contributed by atoms with Crippen molar-refractivity contribution >= 4 is 11.8 Å². The Hall–Kier alpha value is -1.38. The highest BCUT2D eigenvalue weighted by molar-refractivity contribution is 6.18. The predicted molar refractivity (Wildman–Crippen MR) is 66.2 cm³/mol. The summed E-state index contributed by atoms with van der Waals surface area (Å²) in [6.07, 6.45) is 8.74. The van der Waals surface area contributed by atoms with Crippen LogP contribution in [0.15, 0.2) is 23.3 Å². The number of amides is 2. The van der Waals surface area contributed by atoms with Crippen molar-refractivity contribution in [3.63, 3.8) is 0 Å². The lowest BCUT2D eigenvalue weighted by atomic mass is 9.91. The van der Waals surface area contributed by atoms with Crippen LogP contribution in [0, 0.1) is 5.92 Å². The minimum atomic E-state index is -0.0983. The topological polar surface area (TPSA) is 37.4 Å². The minimum absolute atomic E-state index is 0.0983. The highest BCUT2D eigenvalue weighted by atomic mass is 16.2. The van der Waals surface area contributed by atoms with Crippen molar-refractivity contribution < 1.29 is 9.59 Å². The summed E-state index contributed by atoms with van der Waals surface area (Å²) in [5.41, 5.74) is 1.22. The predicted octanol–water partition coefficient (Wildman–Crippen LogP) is 2.44. The zero-order valence-corrected chi connectivity index (χ0v) is 10.5. The third-order valence-electron chi connectivity index (χ3n) is 3.83. The van der Waals surface area contributed by atoms with Gasteiger partial charge in [-0.05, 0) is 45.4 Å².